The van der Waals surface area contributed by atoms with Crippen molar-refractivity contribution in [1.29, 1.82) is 0 Å². The minimum atomic E-state index is -0.0588. The number of hydrogen-bond donors (Lipinski definition) is 2. The van der Waals surface area contributed by atoms with Crippen molar-refractivity contribution in [3.63, 3.8) is 0 Å². The predicted octanol–water partition coefficient (Wildman–Crippen LogP) is 2.22. The third-order valence-corrected chi connectivity index (χ3v) is 4.38. The number of carbonyl (C=O) groups is 1. The molecule has 0 atom stereocenters. The van der Waals surface area contributed by atoms with Gasteiger partial charge in [-0.15, -0.1) is 0 Å². The summed E-state index contributed by atoms with van der Waals surface area (Å²) in [5, 5.41) is 2.99. The van der Waals surface area contributed by atoms with Crippen molar-refractivity contribution in [3.05, 3.63) is 29.8 Å². The maximum atomic E-state index is 11.9. The lowest BCUT2D eigenvalue weighted by molar-refractivity contribution is -0.124. The van der Waals surface area contributed by atoms with Gasteiger partial charge < -0.3 is 15.8 Å². The molecule has 1 saturated carbocycles. The molecule has 0 spiro atoms. The van der Waals surface area contributed by atoms with Gasteiger partial charge in [0.15, 0.2) is 6.61 Å². The van der Waals surface area contributed by atoms with Gasteiger partial charge in [-0.05, 0) is 30.7 Å². The smallest absolute Gasteiger partial charge is 0.257 e. The van der Waals surface area contributed by atoms with E-state index in [1.54, 1.807) is 0 Å². The van der Waals surface area contributed by atoms with E-state index in [-0.39, 0.29) is 12.5 Å². The minimum Gasteiger partial charge on any atom is -0.483 e. The summed E-state index contributed by atoms with van der Waals surface area (Å²) in [6.45, 7) is 3.43. The SMILES string of the molecule is CCC1(CNC(=O)COc2ccccc2CN)CCC1. The van der Waals surface area contributed by atoms with E-state index in [0.29, 0.717) is 17.7 Å². The molecule has 4 nitrogen and oxygen atoms in total. The zero-order valence-corrected chi connectivity index (χ0v) is 12.2. The van der Waals surface area contributed by atoms with Crippen LogP contribution in [0.5, 0.6) is 5.75 Å². The summed E-state index contributed by atoms with van der Waals surface area (Å²) in [4.78, 5) is 11.9. The van der Waals surface area contributed by atoms with Crippen molar-refractivity contribution >= 4 is 5.91 Å². The fraction of sp³-hybridized carbons (Fsp3) is 0.562. The van der Waals surface area contributed by atoms with Crippen molar-refractivity contribution in [3.8, 4) is 5.75 Å². The van der Waals surface area contributed by atoms with Crippen molar-refractivity contribution in [2.24, 2.45) is 11.1 Å². The lowest BCUT2D eigenvalue weighted by Crippen LogP contribution is -2.43. The Hall–Kier alpha value is -1.55. The van der Waals surface area contributed by atoms with Crippen LogP contribution in [0, 0.1) is 5.41 Å². The molecular formula is C16H24N2O2. The molecule has 0 bridgehead atoms. The number of amides is 1. The molecule has 0 unspecified atom stereocenters. The maximum absolute atomic E-state index is 11.9. The molecule has 2 rings (SSSR count). The topological polar surface area (TPSA) is 64.3 Å². The molecule has 0 heterocycles. The van der Waals surface area contributed by atoms with Crippen LogP contribution in [0.15, 0.2) is 24.3 Å². The minimum absolute atomic E-state index is 0.0524. The normalized spacial score (nSPS) is 16.3. The molecule has 110 valence electrons. The van der Waals surface area contributed by atoms with E-state index in [2.05, 4.69) is 12.2 Å². The van der Waals surface area contributed by atoms with Gasteiger partial charge in [0, 0.05) is 18.7 Å². The molecule has 1 aliphatic rings. The number of carbonyl (C=O) groups excluding carboxylic acids is 1. The number of hydrogen-bond acceptors (Lipinski definition) is 3. The second-order valence-corrected chi connectivity index (χ2v) is 5.58. The second-order valence-electron chi connectivity index (χ2n) is 5.58. The van der Waals surface area contributed by atoms with Gasteiger partial charge in [-0.25, -0.2) is 0 Å². The van der Waals surface area contributed by atoms with Gasteiger partial charge in [0.2, 0.25) is 0 Å². The average Bonchev–Trinajstić information content (AvgIpc) is 2.44. The number of benzene rings is 1. The highest BCUT2D eigenvalue weighted by Gasteiger charge is 2.35. The van der Waals surface area contributed by atoms with Crippen molar-refractivity contribution < 1.29 is 9.53 Å². The lowest BCUT2D eigenvalue weighted by atomic mass is 9.67. The van der Waals surface area contributed by atoms with Crippen LogP contribution in [0.2, 0.25) is 0 Å². The Morgan fingerprint density at radius 1 is 1.40 bits per heavy atom. The first-order valence-corrected chi connectivity index (χ1v) is 7.36. The second kappa shape index (κ2) is 6.75. The molecule has 1 aliphatic carbocycles. The number of ether oxygens (including phenoxy) is 1. The van der Waals surface area contributed by atoms with E-state index in [0.717, 1.165) is 18.5 Å². The van der Waals surface area contributed by atoms with E-state index < -0.39 is 0 Å². The molecule has 1 aromatic carbocycles. The number of nitrogens with one attached hydrogen (secondary N) is 1. The van der Waals surface area contributed by atoms with Crippen molar-refractivity contribution in [2.75, 3.05) is 13.2 Å². The van der Waals surface area contributed by atoms with Gasteiger partial charge in [0.25, 0.3) is 5.91 Å². The van der Waals surface area contributed by atoms with E-state index in [1.807, 2.05) is 24.3 Å². The van der Waals surface area contributed by atoms with E-state index in [9.17, 15) is 4.79 Å². The molecule has 20 heavy (non-hydrogen) atoms. The number of rotatable bonds is 7. The van der Waals surface area contributed by atoms with Gasteiger partial charge in [0.1, 0.15) is 5.75 Å². The highest BCUT2D eigenvalue weighted by molar-refractivity contribution is 5.77. The van der Waals surface area contributed by atoms with Gasteiger partial charge in [-0.3, -0.25) is 4.79 Å². The molecular weight excluding hydrogens is 252 g/mol. The van der Waals surface area contributed by atoms with E-state index in [1.165, 1.54) is 19.3 Å². The molecule has 0 radical (unpaired) electrons. The summed E-state index contributed by atoms with van der Waals surface area (Å²) < 4.78 is 5.55. The van der Waals surface area contributed by atoms with E-state index in [4.69, 9.17) is 10.5 Å². The molecule has 1 amide bonds. The summed E-state index contributed by atoms with van der Waals surface area (Å²) in [5.74, 6) is 0.635. The molecule has 1 fully saturated rings. The van der Waals surface area contributed by atoms with Gasteiger partial charge in [0.05, 0.1) is 0 Å². The van der Waals surface area contributed by atoms with Crippen LogP contribution in [0.3, 0.4) is 0 Å². The summed E-state index contributed by atoms with van der Waals surface area (Å²) in [5.41, 5.74) is 6.89. The van der Waals surface area contributed by atoms with Crippen LogP contribution in [0.4, 0.5) is 0 Å². The number of para-hydroxylation sites is 1. The lowest BCUT2D eigenvalue weighted by Gasteiger charge is -2.41. The van der Waals surface area contributed by atoms with Gasteiger partial charge in [-0.1, -0.05) is 31.5 Å². The van der Waals surface area contributed by atoms with Crippen LogP contribution in [0.1, 0.15) is 38.2 Å². The van der Waals surface area contributed by atoms with Crippen LogP contribution < -0.4 is 15.8 Å². The van der Waals surface area contributed by atoms with Crippen LogP contribution in [0.25, 0.3) is 0 Å². The molecule has 4 heteroatoms. The van der Waals surface area contributed by atoms with Crippen LogP contribution in [-0.4, -0.2) is 19.1 Å². The maximum Gasteiger partial charge on any atom is 0.257 e. The largest absolute Gasteiger partial charge is 0.483 e. The Labute approximate surface area is 120 Å². The Balaban J connectivity index is 1.77. The molecule has 1 aromatic rings. The summed E-state index contributed by atoms with van der Waals surface area (Å²) >= 11 is 0. The highest BCUT2D eigenvalue weighted by Crippen LogP contribution is 2.42. The standard InChI is InChI=1S/C16H24N2O2/c1-2-16(8-5-9-16)12-18-15(19)11-20-14-7-4-3-6-13(14)10-17/h3-4,6-7H,2,5,8-12,17H2,1H3,(H,18,19). The number of nitrogens with two attached hydrogens (primary N) is 1. The first-order valence-electron chi connectivity index (χ1n) is 7.36. The molecule has 0 saturated heterocycles. The quantitative estimate of drug-likeness (QED) is 0.802. The monoisotopic (exact) mass is 276 g/mol. The summed E-state index contributed by atoms with van der Waals surface area (Å²) in [6, 6.07) is 7.55. The Kier molecular flexibility index (Phi) is 5.01. The highest BCUT2D eigenvalue weighted by atomic mass is 16.5. The Morgan fingerprint density at radius 3 is 2.75 bits per heavy atom. The summed E-state index contributed by atoms with van der Waals surface area (Å²) in [7, 11) is 0. The predicted molar refractivity (Wildman–Crippen MR) is 79.4 cm³/mol. The fourth-order valence-electron chi connectivity index (χ4n) is 2.63. The van der Waals surface area contributed by atoms with Crippen LogP contribution >= 0.6 is 0 Å². The van der Waals surface area contributed by atoms with Crippen molar-refractivity contribution in [2.45, 2.75) is 39.2 Å². The van der Waals surface area contributed by atoms with E-state index >= 15 is 0 Å². The van der Waals surface area contributed by atoms with Crippen molar-refractivity contribution in [1.82, 2.24) is 5.32 Å². The van der Waals surface area contributed by atoms with Crippen LogP contribution in [-0.2, 0) is 11.3 Å². The molecule has 3 N–H and O–H groups in total. The first-order chi connectivity index (χ1) is 9.69. The van der Waals surface area contributed by atoms with Gasteiger partial charge >= 0.3 is 0 Å². The zero-order chi connectivity index (χ0) is 14.4. The van der Waals surface area contributed by atoms with Gasteiger partial charge in [-0.2, -0.15) is 0 Å². The summed E-state index contributed by atoms with van der Waals surface area (Å²) in [6.07, 6.45) is 4.86. The fourth-order valence-corrected chi connectivity index (χ4v) is 2.63. The average molecular weight is 276 g/mol. The Morgan fingerprint density at radius 2 is 2.15 bits per heavy atom. The molecule has 0 aliphatic heterocycles. The Bertz CT molecular complexity index is 450. The third-order valence-electron chi connectivity index (χ3n) is 4.38. The third kappa shape index (κ3) is 3.51. The first kappa shape index (κ1) is 14.9. The zero-order valence-electron chi connectivity index (χ0n) is 12.2. The molecule has 0 aromatic heterocycles.